The minimum Gasteiger partial charge on any atom is -0.480 e. The van der Waals surface area contributed by atoms with E-state index in [9.17, 15) is 9.90 Å². The van der Waals surface area contributed by atoms with Gasteiger partial charge in [-0.2, -0.15) is 0 Å². The molecule has 0 bridgehead atoms. The third-order valence-electron chi connectivity index (χ3n) is 5.50. The van der Waals surface area contributed by atoms with Crippen molar-refractivity contribution in [3.05, 3.63) is 108 Å². The maximum atomic E-state index is 12.5. The average molecular weight is 431 g/mol. The summed E-state index contributed by atoms with van der Waals surface area (Å²) in [6, 6.07) is 29.2. The monoisotopic (exact) mass is 430 g/mol. The quantitative estimate of drug-likeness (QED) is 0.521. The molecule has 2 unspecified atom stereocenters. The van der Waals surface area contributed by atoms with Crippen molar-refractivity contribution in [2.24, 2.45) is 4.99 Å². The minimum atomic E-state index is -0.917. The van der Waals surface area contributed by atoms with Crippen molar-refractivity contribution in [2.45, 2.75) is 35.5 Å². The third-order valence-corrected chi connectivity index (χ3v) is 6.85. The summed E-state index contributed by atoms with van der Waals surface area (Å²) in [6.45, 7) is 4.11. The van der Waals surface area contributed by atoms with Crippen molar-refractivity contribution < 1.29 is 9.90 Å². The second-order valence-electron chi connectivity index (χ2n) is 8.20. The largest absolute Gasteiger partial charge is 0.480 e. The molecular weight excluding hydrogens is 404 g/mol. The number of hydrogen-bond donors (Lipinski definition) is 2. The van der Waals surface area contributed by atoms with E-state index in [0.29, 0.717) is 0 Å². The predicted octanol–water partition coefficient (Wildman–Crippen LogP) is 4.94. The molecule has 4 rings (SSSR count). The molecule has 0 spiro atoms. The number of carbonyl (C=O) groups is 1. The van der Waals surface area contributed by atoms with Crippen molar-refractivity contribution in [2.75, 3.05) is 0 Å². The highest BCUT2D eigenvalue weighted by Gasteiger charge is 2.44. The van der Waals surface area contributed by atoms with Gasteiger partial charge in [0.2, 0.25) is 0 Å². The van der Waals surface area contributed by atoms with E-state index in [1.165, 1.54) is 0 Å². The highest BCUT2D eigenvalue weighted by Crippen LogP contribution is 2.40. The minimum absolute atomic E-state index is 0.199. The van der Waals surface area contributed by atoms with Gasteiger partial charge in [0.1, 0.15) is 11.4 Å². The van der Waals surface area contributed by atoms with Crippen LogP contribution in [-0.4, -0.2) is 33.5 Å². The lowest BCUT2D eigenvalue weighted by Crippen LogP contribution is -2.55. The first-order valence-corrected chi connectivity index (χ1v) is 11.2. The summed E-state index contributed by atoms with van der Waals surface area (Å²) in [5.74, 6) is -0.917. The second-order valence-corrected chi connectivity index (χ2v) is 9.97. The van der Waals surface area contributed by atoms with Crippen LogP contribution in [0, 0.1) is 0 Å². The van der Waals surface area contributed by atoms with E-state index in [1.807, 2.05) is 97.2 Å². The summed E-state index contributed by atoms with van der Waals surface area (Å²) in [7, 11) is 0. The number of rotatable bonds is 7. The number of thioether (sulfide) groups is 1. The van der Waals surface area contributed by atoms with Crippen LogP contribution in [0.4, 0.5) is 0 Å². The number of carboxylic acid groups (broad SMARTS) is 1. The molecule has 158 valence electrons. The van der Waals surface area contributed by atoms with E-state index < -0.39 is 22.9 Å². The molecule has 3 aromatic rings. The fourth-order valence-electron chi connectivity index (χ4n) is 4.08. The Morgan fingerprint density at radius 2 is 1.32 bits per heavy atom. The molecule has 0 saturated heterocycles. The smallest absolute Gasteiger partial charge is 0.323 e. The molecule has 2 atom stereocenters. The Labute approximate surface area is 187 Å². The summed E-state index contributed by atoms with van der Waals surface area (Å²) in [5, 5.41) is 13.4. The number of nitrogens with zero attached hydrogens (tertiary/aromatic N) is 1. The molecule has 4 nitrogen and oxygen atoms in total. The molecule has 0 aromatic heterocycles. The van der Waals surface area contributed by atoms with Gasteiger partial charge >= 0.3 is 5.97 Å². The Hall–Kier alpha value is -2.89. The Bertz CT molecular complexity index is 956. The predicted molar refractivity (Wildman–Crippen MR) is 128 cm³/mol. The summed E-state index contributed by atoms with van der Waals surface area (Å²) in [5.41, 5.74) is 2.08. The van der Waals surface area contributed by atoms with Gasteiger partial charge in [0.15, 0.2) is 0 Å². The van der Waals surface area contributed by atoms with Gasteiger partial charge in [0.25, 0.3) is 0 Å². The number of nitrogens with one attached hydrogen (secondary N) is 1. The zero-order valence-corrected chi connectivity index (χ0v) is 18.4. The van der Waals surface area contributed by atoms with Crippen molar-refractivity contribution in [1.29, 1.82) is 0 Å². The summed E-state index contributed by atoms with van der Waals surface area (Å²) >= 11 is 1.56. The summed E-state index contributed by atoms with van der Waals surface area (Å²) in [4.78, 5) is 17.1. The van der Waals surface area contributed by atoms with E-state index in [-0.39, 0.29) is 4.75 Å². The van der Waals surface area contributed by atoms with Gasteiger partial charge < -0.3 is 5.11 Å². The molecule has 0 aliphatic carbocycles. The third kappa shape index (κ3) is 4.29. The molecule has 3 aromatic carbocycles. The van der Waals surface area contributed by atoms with Gasteiger partial charge in [-0.15, -0.1) is 11.8 Å². The normalized spacial score (nSPS) is 18.6. The van der Waals surface area contributed by atoms with Gasteiger partial charge in [-0.25, -0.2) is 0 Å². The van der Waals surface area contributed by atoms with Crippen LogP contribution in [0.15, 0.2) is 96.0 Å². The van der Waals surface area contributed by atoms with Crippen molar-refractivity contribution >= 4 is 23.9 Å². The topological polar surface area (TPSA) is 61.7 Å². The van der Waals surface area contributed by atoms with Crippen molar-refractivity contribution in [1.82, 2.24) is 5.32 Å². The molecule has 0 saturated carbocycles. The summed E-state index contributed by atoms with van der Waals surface area (Å²) < 4.78 is -0.199. The molecule has 0 amide bonds. The lowest BCUT2D eigenvalue weighted by atomic mass is 9.76. The van der Waals surface area contributed by atoms with Crippen LogP contribution in [-0.2, 0) is 10.3 Å². The molecule has 1 aliphatic heterocycles. The molecule has 31 heavy (non-hydrogen) atoms. The van der Waals surface area contributed by atoms with Crippen LogP contribution in [0.5, 0.6) is 0 Å². The Balaban J connectivity index is 1.91. The van der Waals surface area contributed by atoms with E-state index in [2.05, 4.69) is 24.2 Å². The van der Waals surface area contributed by atoms with E-state index in [0.717, 1.165) is 16.7 Å². The number of aliphatic imine (C=N–C) groups is 1. The molecular formula is C26H26N2O2S. The van der Waals surface area contributed by atoms with Crippen LogP contribution in [0.25, 0.3) is 0 Å². The maximum absolute atomic E-state index is 12.5. The Morgan fingerprint density at radius 3 is 1.65 bits per heavy atom. The highest BCUT2D eigenvalue weighted by atomic mass is 32.2. The van der Waals surface area contributed by atoms with Crippen LogP contribution in [0.3, 0.4) is 0 Å². The number of carboxylic acids is 1. The highest BCUT2D eigenvalue weighted by molar-refractivity contribution is 8.02. The van der Waals surface area contributed by atoms with Crippen LogP contribution in [0.2, 0.25) is 0 Å². The Morgan fingerprint density at radius 1 is 0.903 bits per heavy atom. The zero-order valence-electron chi connectivity index (χ0n) is 17.6. The van der Waals surface area contributed by atoms with Crippen LogP contribution < -0.4 is 5.32 Å². The fourth-order valence-corrected chi connectivity index (χ4v) is 5.27. The first-order valence-electron chi connectivity index (χ1n) is 10.3. The van der Waals surface area contributed by atoms with Crippen molar-refractivity contribution in [3.63, 3.8) is 0 Å². The van der Waals surface area contributed by atoms with Crippen LogP contribution >= 0.6 is 11.8 Å². The summed E-state index contributed by atoms with van der Waals surface area (Å²) in [6.07, 6.45) is 1.86. The van der Waals surface area contributed by atoms with Gasteiger partial charge in [-0.05, 0) is 30.5 Å². The second kappa shape index (κ2) is 8.69. The van der Waals surface area contributed by atoms with Gasteiger partial charge in [0, 0.05) is 11.0 Å². The first kappa shape index (κ1) is 21.3. The standard InChI is InChI=1S/C26H26N2O2S/c1-25(2)18-27-23(31-25)22(24(29)30)28-26(19-12-6-3-7-13-19,20-14-8-4-9-15-20)21-16-10-5-11-17-21/h3-18,22-23,28H,1-2H3,(H,29,30). The fraction of sp³-hybridized carbons (Fsp3) is 0.231. The molecule has 1 aliphatic rings. The van der Waals surface area contributed by atoms with Crippen LogP contribution in [0.1, 0.15) is 30.5 Å². The molecule has 0 fully saturated rings. The van der Waals surface area contributed by atoms with Crippen molar-refractivity contribution in [3.8, 4) is 0 Å². The van der Waals surface area contributed by atoms with Gasteiger partial charge in [-0.3, -0.25) is 15.1 Å². The zero-order chi connectivity index (χ0) is 21.9. The molecule has 1 heterocycles. The van der Waals surface area contributed by atoms with Gasteiger partial charge in [0.05, 0.1) is 5.54 Å². The van der Waals surface area contributed by atoms with E-state index in [4.69, 9.17) is 0 Å². The van der Waals surface area contributed by atoms with Gasteiger partial charge in [-0.1, -0.05) is 91.0 Å². The molecule has 5 heteroatoms. The number of hydrogen-bond acceptors (Lipinski definition) is 4. The first-order chi connectivity index (χ1) is 14.9. The number of aliphatic carboxylic acids is 1. The van der Waals surface area contributed by atoms with E-state index in [1.54, 1.807) is 11.8 Å². The molecule has 2 N–H and O–H groups in total. The molecule has 0 radical (unpaired) electrons. The number of benzene rings is 3. The lowest BCUT2D eigenvalue weighted by molar-refractivity contribution is -0.139. The maximum Gasteiger partial charge on any atom is 0.323 e. The lowest BCUT2D eigenvalue weighted by Gasteiger charge is -2.40. The average Bonchev–Trinajstić information content (AvgIpc) is 3.15. The van der Waals surface area contributed by atoms with E-state index >= 15 is 0 Å². The Kier molecular flexibility index (Phi) is 5.99. The SMILES string of the molecule is CC1(C)C=NC(C(NC(c2ccccc2)(c2ccccc2)c2ccccc2)C(=O)O)S1.